The topological polar surface area (TPSA) is 66.5 Å². The molecule has 1 heterocycles. The van der Waals surface area contributed by atoms with Crippen molar-refractivity contribution in [3.8, 4) is 0 Å². The first-order valence-corrected chi connectivity index (χ1v) is 9.31. The molecule has 0 unspecified atom stereocenters. The smallest absolute Gasteiger partial charge is 0.261 e. The van der Waals surface area contributed by atoms with Crippen molar-refractivity contribution in [1.82, 2.24) is 10.2 Å². The minimum atomic E-state index is -0.361. The zero-order valence-corrected chi connectivity index (χ0v) is 15.7. The summed E-state index contributed by atoms with van der Waals surface area (Å²) >= 11 is 5.85. The lowest BCUT2D eigenvalue weighted by atomic mass is 9.94. The Kier molecular flexibility index (Phi) is 4.84. The highest BCUT2D eigenvalue weighted by atomic mass is 35.5. The summed E-state index contributed by atoms with van der Waals surface area (Å²) in [7, 11) is 0. The molecule has 0 saturated carbocycles. The van der Waals surface area contributed by atoms with E-state index in [0.717, 1.165) is 15.8 Å². The SMILES string of the molecule is O=C(CCN1C(=O)c2cccc3cccc(c23)C1=O)NCc1ccc(Cl)cc1. The van der Waals surface area contributed by atoms with Crippen LogP contribution in [-0.4, -0.2) is 29.2 Å². The van der Waals surface area contributed by atoms with Gasteiger partial charge in [-0.15, -0.1) is 0 Å². The average molecular weight is 393 g/mol. The number of imide groups is 1. The molecule has 1 aliphatic heterocycles. The van der Waals surface area contributed by atoms with Crippen molar-refractivity contribution in [3.63, 3.8) is 0 Å². The Hall–Kier alpha value is -3.18. The molecule has 140 valence electrons. The van der Waals surface area contributed by atoms with Crippen LogP contribution < -0.4 is 5.32 Å². The van der Waals surface area contributed by atoms with E-state index in [4.69, 9.17) is 11.6 Å². The van der Waals surface area contributed by atoms with E-state index >= 15 is 0 Å². The third-order valence-electron chi connectivity index (χ3n) is 4.82. The van der Waals surface area contributed by atoms with E-state index in [-0.39, 0.29) is 30.7 Å². The molecular formula is C22H17ClN2O3. The van der Waals surface area contributed by atoms with E-state index in [1.54, 1.807) is 36.4 Å². The second-order valence-electron chi connectivity index (χ2n) is 6.62. The number of carbonyl (C=O) groups excluding carboxylic acids is 3. The third kappa shape index (κ3) is 3.37. The van der Waals surface area contributed by atoms with E-state index in [1.807, 2.05) is 24.3 Å². The van der Waals surface area contributed by atoms with Gasteiger partial charge in [-0.05, 0) is 35.2 Å². The summed E-state index contributed by atoms with van der Waals surface area (Å²) < 4.78 is 0. The lowest BCUT2D eigenvalue weighted by molar-refractivity contribution is -0.121. The van der Waals surface area contributed by atoms with Crippen LogP contribution in [0.25, 0.3) is 10.8 Å². The van der Waals surface area contributed by atoms with Crippen molar-refractivity contribution in [2.45, 2.75) is 13.0 Å². The van der Waals surface area contributed by atoms with Gasteiger partial charge < -0.3 is 5.32 Å². The van der Waals surface area contributed by atoms with Crippen LogP contribution in [0, 0.1) is 0 Å². The molecule has 0 bridgehead atoms. The fraction of sp³-hybridized carbons (Fsp3) is 0.136. The van der Waals surface area contributed by atoms with E-state index in [9.17, 15) is 14.4 Å². The fourth-order valence-electron chi connectivity index (χ4n) is 3.39. The molecule has 1 aliphatic rings. The molecule has 3 aromatic rings. The molecule has 0 atom stereocenters. The molecule has 0 fully saturated rings. The van der Waals surface area contributed by atoms with Crippen molar-refractivity contribution in [1.29, 1.82) is 0 Å². The van der Waals surface area contributed by atoms with E-state index < -0.39 is 0 Å². The zero-order valence-electron chi connectivity index (χ0n) is 14.9. The molecule has 5 nitrogen and oxygen atoms in total. The first-order valence-electron chi connectivity index (χ1n) is 8.93. The average Bonchev–Trinajstić information content (AvgIpc) is 2.71. The van der Waals surface area contributed by atoms with Crippen molar-refractivity contribution >= 4 is 40.1 Å². The number of halogens is 1. The predicted octanol–water partition coefficient (Wildman–Crippen LogP) is 3.80. The first-order chi connectivity index (χ1) is 13.5. The van der Waals surface area contributed by atoms with Crippen molar-refractivity contribution in [3.05, 3.63) is 82.4 Å². The van der Waals surface area contributed by atoms with E-state index in [2.05, 4.69) is 5.32 Å². The molecule has 4 rings (SSSR count). The number of hydrogen-bond donors (Lipinski definition) is 1. The Balaban J connectivity index is 1.44. The number of hydrogen-bond acceptors (Lipinski definition) is 3. The molecule has 1 N–H and O–H groups in total. The minimum Gasteiger partial charge on any atom is -0.352 e. The third-order valence-corrected chi connectivity index (χ3v) is 5.07. The maximum atomic E-state index is 12.8. The quantitative estimate of drug-likeness (QED) is 0.672. The molecule has 0 aliphatic carbocycles. The Labute approximate surface area is 166 Å². The summed E-state index contributed by atoms with van der Waals surface area (Å²) in [5, 5.41) is 4.97. The molecule has 3 amide bonds. The summed E-state index contributed by atoms with van der Waals surface area (Å²) in [6.45, 7) is 0.398. The van der Waals surface area contributed by atoms with Gasteiger partial charge in [0, 0.05) is 41.0 Å². The van der Waals surface area contributed by atoms with Crippen LogP contribution in [-0.2, 0) is 11.3 Å². The van der Waals surface area contributed by atoms with Crippen molar-refractivity contribution < 1.29 is 14.4 Å². The lowest BCUT2D eigenvalue weighted by Gasteiger charge is -2.27. The number of nitrogens with zero attached hydrogens (tertiary/aromatic N) is 1. The standard InChI is InChI=1S/C22H17ClN2O3/c23-16-9-7-14(8-10-16)13-24-19(26)11-12-25-21(27)17-5-1-3-15-4-2-6-18(20(15)17)22(25)28/h1-10H,11-13H2,(H,24,26). The van der Waals surface area contributed by atoms with E-state index in [1.165, 1.54) is 0 Å². The van der Waals surface area contributed by atoms with Crippen LogP contribution in [0.15, 0.2) is 60.7 Å². The Morgan fingerprint density at radius 1 is 0.893 bits per heavy atom. The first kappa shape index (κ1) is 18.2. The Morgan fingerprint density at radius 2 is 1.50 bits per heavy atom. The van der Waals surface area contributed by atoms with Crippen molar-refractivity contribution in [2.24, 2.45) is 0 Å². The maximum absolute atomic E-state index is 12.8. The van der Waals surface area contributed by atoms with Gasteiger partial charge in [-0.25, -0.2) is 0 Å². The second kappa shape index (κ2) is 7.44. The second-order valence-corrected chi connectivity index (χ2v) is 7.06. The van der Waals surface area contributed by atoms with Gasteiger partial charge in [0.1, 0.15) is 0 Å². The molecule has 0 saturated heterocycles. The van der Waals surface area contributed by atoms with Gasteiger partial charge in [0.2, 0.25) is 5.91 Å². The van der Waals surface area contributed by atoms with Gasteiger partial charge in [0.15, 0.2) is 0 Å². The van der Waals surface area contributed by atoms with Crippen LogP contribution in [0.2, 0.25) is 5.02 Å². The number of benzene rings is 3. The minimum absolute atomic E-state index is 0.0365. The number of amides is 3. The Bertz CT molecular complexity index is 1040. The van der Waals surface area contributed by atoms with Gasteiger partial charge in [-0.2, -0.15) is 0 Å². The number of carbonyl (C=O) groups is 3. The molecule has 6 heteroatoms. The van der Waals surface area contributed by atoms with Crippen LogP contribution >= 0.6 is 11.6 Å². The molecule has 0 spiro atoms. The van der Waals surface area contributed by atoms with Crippen LogP contribution in [0.3, 0.4) is 0 Å². The van der Waals surface area contributed by atoms with Gasteiger partial charge in [0.25, 0.3) is 11.8 Å². The molecule has 3 aromatic carbocycles. The summed E-state index contributed by atoms with van der Waals surface area (Å²) in [6.07, 6.45) is 0.0449. The molecule has 0 radical (unpaired) electrons. The van der Waals surface area contributed by atoms with Crippen LogP contribution in [0.1, 0.15) is 32.7 Å². The monoisotopic (exact) mass is 392 g/mol. The molecule has 28 heavy (non-hydrogen) atoms. The Morgan fingerprint density at radius 3 is 2.11 bits per heavy atom. The largest absolute Gasteiger partial charge is 0.352 e. The summed E-state index contributed by atoms with van der Waals surface area (Å²) in [4.78, 5) is 38.9. The summed E-state index contributed by atoms with van der Waals surface area (Å²) in [6, 6.07) is 18.0. The van der Waals surface area contributed by atoms with Gasteiger partial charge in [-0.1, -0.05) is 48.0 Å². The zero-order chi connectivity index (χ0) is 19.7. The van der Waals surface area contributed by atoms with Gasteiger partial charge in [0.05, 0.1) is 0 Å². The van der Waals surface area contributed by atoms with Crippen LogP contribution in [0.5, 0.6) is 0 Å². The highest BCUT2D eigenvalue weighted by Crippen LogP contribution is 2.29. The summed E-state index contributed by atoms with van der Waals surface area (Å²) in [5.41, 5.74) is 1.91. The van der Waals surface area contributed by atoms with Crippen LogP contribution in [0.4, 0.5) is 0 Å². The molecule has 0 aromatic heterocycles. The summed E-state index contributed by atoms with van der Waals surface area (Å²) in [5.74, 6) is -0.952. The van der Waals surface area contributed by atoms with Crippen molar-refractivity contribution in [2.75, 3.05) is 6.54 Å². The highest BCUT2D eigenvalue weighted by Gasteiger charge is 2.32. The molecular weight excluding hydrogens is 376 g/mol. The normalized spacial score (nSPS) is 13.1. The predicted molar refractivity (Wildman–Crippen MR) is 107 cm³/mol. The van der Waals surface area contributed by atoms with Gasteiger partial charge in [-0.3, -0.25) is 19.3 Å². The highest BCUT2D eigenvalue weighted by molar-refractivity contribution is 6.30. The number of rotatable bonds is 5. The number of nitrogens with one attached hydrogen (secondary N) is 1. The lowest BCUT2D eigenvalue weighted by Crippen LogP contribution is -2.42. The van der Waals surface area contributed by atoms with Gasteiger partial charge >= 0.3 is 0 Å². The fourth-order valence-corrected chi connectivity index (χ4v) is 3.51. The maximum Gasteiger partial charge on any atom is 0.261 e. The van der Waals surface area contributed by atoms with E-state index in [0.29, 0.717) is 28.1 Å².